The first kappa shape index (κ1) is 14.0. The van der Waals surface area contributed by atoms with Gasteiger partial charge < -0.3 is 10.4 Å². The second-order valence-electron chi connectivity index (χ2n) is 5.48. The van der Waals surface area contributed by atoms with Gasteiger partial charge in [0.15, 0.2) is 0 Å². The van der Waals surface area contributed by atoms with Crippen molar-refractivity contribution in [1.82, 2.24) is 4.90 Å². The van der Waals surface area contributed by atoms with Crippen LogP contribution in [0.5, 0.6) is 0 Å². The molecule has 104 valence electrons. The third-order valence-corrected chi connectivity index (χ3v) is 3.71. The highest BCUT2D eigenvalue weighted by Gasteiger charge is 2.25. The fraction of sp³-hybridized carbons (Fsp3) is 0.533. The van der Waals surface area contributed by atoms with Crippen LogP contribution in [0, 0.1) is 12.8 Å². The summed E-state index contributed by atoms with van der Waals surface area (Å²) in [6.45, 7) is 5.87. The summed E-state index contributed by atoms with van der Waals surface area (Å²) in [5.74, 6) is 0.307. The summed E-state index contributed by atoms with van der Waals surface area (Å²) in [6, 6.07) is 7.75. The van der Waals surface area contributed by atoms with Crippen molar-refractivity contribution in [2.24, 2.45) is 5.92 Å². The predicted molar refractivity (Wildman–Crippen MR) is 76.0 cm³/mol. The third kappa shape index (κ3) is 4.04. The third-order valence-electron chi connectivity index (χ3n) is 3.71. The van der Waals surface area contributed by atoms with Crippen LogP contribution < -0.4 is 5.32 Å². The first-order valence-corrected chi connectivity index (χ1v) is 6.81. The zero-order chi connectivity index (χ0) is 13.8. The minimum atomic E-state index is -0.319. The number of carbonyl (C=O) groups excluding carboxylic acids is 1. The molecule has 19 heavy (non-hydrogen) atoms. The number of aryl methyl sites for hydroxylation is 1. The van der Waals surface area contributed by atoms with Crippen molar-refractivity contribution >= 4 is 11.6 Å². The Morgan fingerprint density at radius 1 is 1.42 bits per heavy atom. The van der Waals surface area contributed by atoms with Crippen LogP contribution >= 0.6 is 0 Å². The molecule has 1 amide bonds. The molecule has 1 aromatic rings. The number of benzene rings is 1. The van der Waals surface area contributed by atoms with Crippen LogP contribution in [0.1, 0.15) is 18.9 Å². The van der Waals surface area contributed by atoms with E-state index in [4.69, 9.17) is 0 Å². The van der Waals surface area contributed by atoms with Gasteiger partial charge in [0.1, 0.15) is 0 Å². The molecule has 1 fully saturated rings. The van der Waals surface area contributed by atoms with E-state index in [1.165, 1.54) is 5.56 Å². The Labute approximate surface area is 114 Å². The molecule has 1 aliphatic heterocycles. The number of aliphatic hydroxyl groups excluding tert-OH is 1. The molecule has 1 aromatic carbocycles. The number of anilines is 1. The smallest absolute Gasteiger partial charge is 0.238 e. The van der Waals surface area contributed by atoms with Crippen molar-refractivity contribution in [2.75, 3.05) is 25.0 Å². The molecule has 0 spiro atoms. The van der Waals surface area contributed by atoms with Gasteiger partial charge in [0, 0.05) is 12.2 Å². The van der Waals surface area contributed by atoms with Crippen LogP contribution in [0.4, 0.5) is 5.69 Å². The van der Waals surface area contributed by atoms with Crippen LogP contribution in [0.15, 0.2) is 24.3 Å². The predicted octanol–water partition coefficient (Wildman–Crippen LogP) is 1.64. The normalized spacial score (nSPS) is 24.2. The lowest BCUT2D eigenvalue weighted by Crippen LogP contribution is -2.45. The van der Waals surface area contributed by atoms with E-state index in [0.717, 1.165) is 18.7 Å². The van der Waals surface area contributed by atoms with E-state index < -0.39 is 0 Å². The zero-order valence-electron chi connectivity index (χ0n) is 11.6. The molecule has 1 aliphatic rings. The molecule has 2 N–H and O–H groups in total. The van der Waals surface area contributed by atoms with Crippen LogP contribution in [-0.4, -0.2) is 41.7 Å². The van der Waals surface area contributed by atoms with Gasteiger partial charge in [-0.15, -0.1) is 0 Å². The van der Waals surface area contributed by atoms with Crippen LogP contribution in [-0.2, 0) is 4.79 Å². The highest BCUT2D eigenvalue weighted by atomic mass is 16.3. The topological polar surface area (TPSA) is 52.6 Å². The number of nitrogens with one attached hydrogen (secondary N) is 1. The van der Waals surface area contributed by atoms with Crippen molar-refractivity contribution in [2.45, 2.75) is 26.4 Å². The lowest BCUT2D eigenvalue weighted by atomic mass is 9.96. The van der Waals surface area contributed by atoms with Crippen LogP contribution in [0.2, 0.25) is 0 Å². The molecule has 1 saturated heterocycles. The lowest BCUT2D eigenvalue weighted by molar-refractivity contribution is -0.118. The van der Waals surface area contributed by atoms with Gasteiger partial charge in [-0.05, 0) is 37.9 Å². The average Bonchev–Trinajstić information content (AvgIpc) is 2.37. The maximum absolute atomic E-state index is 11.9. The zero-order valence-corrected chi connectivity index (χ0v) is 11.6. The van der Waals surface area contributed by atoms with Crippen molar-refractivity contribution in [3.8, 4) is 0 Å². The molecule has 4 nitrogen and oxygen atoms in total. The maximum atomic E-state index is 11.9. The van der Waals surface area contributed by atoms with E-state index in [1.807, 2.05) is 43.0 Å². The Morgan fingerprint density at radius 3 is 2.74 bits per heavy atom. The van der Waals surface area contributed by atoms with E-state index in [2.05, 4.69) is 5.32 Å². The summed E-state index contributed by atoms with van der Waals surface area (Å²) in [4.78, 5) is 13.9. The van der Waals surface area contributed by atoms with Gasteiger partial charge in [-0.1, -0.05) is 24.6 Å². The Balaban J connectivity index is 1.83. The number of piperidine rings is 1. The second-order valence-corrected chi connectivity index (χ2v) is 5.48. The van der Waals surface area contributed by atoms with Gasteiger partial charge in [-0.3, -0.25) is 9.69 Å². The van der Waals surface area contributed by atoms with E-state index in [1.54, 1.807) is 0 Å². The molecule has 0 saturated carbocycles. The molecule has 1 heterocycles. The fourth-order valence-corrected chi connectivity index (χ4v) is 2.30. The molecule has 0 radical (unpaired) electrons. The summed E-state index contributed by atoms with van der Waals surface area (Å²) >= 11 is 0. The Bertz CT molecular complexity index is 430. The SMILES string of the molecule is Cc1ccc(NC(=O)CN2CCC(C)C(O)C2)cc1. The van der Waals surface area contributed by atoms with Crippen molar-refractivity contribution in [3.05, 3.63) is 29.8 Å². The van der Waals surface area contributed by atoms with Crippen molar-refractivity contribution < 1.29 is 9.90 Å². The largest absolute Gasteiger partial charge is 0.392 e. The first-order valence-electron chi connectivity index (χ1n) is 6.81. The lowest BCUT2D eigenvalue weighted by Gasteiger charge is -2.33. The van der Waals surface area contributed by atoms with Gasteiger partial charge in [-0.25, -0.2) is 0 Å². The highest BCUT2D eigenvalue weighted by molar-refractivity contribution is 5.92. The summed E-state index contributed by atoms with van der Waals surface area (Å²) in [5.41, 5.74) is 1.99. The fourth-order valence-electron chi connectivity index (χ4n) is 2.30. The Morgan fingerprint density at radius 2 is 2.11 bits per heavy atom. The maximum Gasteiger partial charge on any atom is 0.238 e. The summed E-state index contributed by atoms with van der Waals surface area (Å²) in [5, 5.41) is 12.7. The van der Waals surface area contributed by atoms with Gasteiger partial charge in [0.25, 0.3) is 0 Å². The van der Waals surface area contributed by atoms with Gasteiger partial charge in [-0.2, -0.15) is 0 Å². The number of nitrogens with zero attached hydrogens (tertiary/aromatic N) is 1. The number of aliphatic hydroxyl groups is 1. The molecule has 0 aliphatic carbocycles. The molecule has 4 heteroatoms. The minimum Gasteiger partial charge on any atom is -0.392 e. The van der Waals surface area contributed by atoms with Crippen molar-refractivity contribution in [1.29, 1.82) is 0 Å². The number of likely N-dealkylation sites (tertiary alicyclic amines) is 1. The number of amides is 1. The Hall–Kier alpha value is -1.39. The molecular formula is C15H22N2O2. The quantitative estimate of drug-likeness (QED) is 0.870. The first-order chi connectivity index (χ1) is 9.04. The van der Waals surface area contributed by atoms with Crippen LogP contribution in [0.3, 0.4) is 0 Å². The monoisotopic (exact) mass is 262 g/mol. The number of rotatable bonds is 3. The van der Waals surface area contributed by atoms with Crippen molar-refractivity contribution in [3.63, 3.8) is 0 Å². The number of hydrogen-bond acceptors (Lipinski definition) is 3. The number of hydrogen-bond donors (Lipinski definition) is 2. The summed E-state index contributed by atoms with van der Waals surface area (Å²) in [7, 11) is 0. The molecular weight excluding hydrogens is 240 g/mol. The van der Waals surface area contributed by atoms with Crippen LogP contribution in [0.25, 0.3) is 0 Å². The van der Waals surface area contributed by atoms with E-state index in [0.29, 0.717) is 19.0 Å². The molecule has 0 bridgehead atoms. The standard InChI is InChI=1S/C15H22N2O2/c1-11-3-5-13(6-4-11)16-15(19)10-17-8-7-12(2)14(18)9-17/h3-6,12,14,18H,7-10H2,1-2H3,(H,16,19). The number of β-amino-alcohol motifs (C(OH)–C–C–N with tert-alkyl or cyclic N) is 1. The number of carbonyl (C=O) groups is 1. The summed E-state index contributed by atoms with van der Waals surface area (Å²) in [6.07, 6.45) is 0.625. The average molecular weight is 262 g/mol. The molecule has 2 atom stereocenters. The van der Waals surface area contributed by atoms with E-state index in [9.17, 15) is 9.90 Å². The van der Waals surface area contributed by atoms with E-state index >= 15 is 0 Å². The molecule has 2 unspecified atom stereocenters. The van der Waals surface area contributed by atoms with Gasteiger partial charge >= 0.3 is 0 Å². The Kier molecular flexibility index (Phi) is 4.56. The molecule has 2 rings (SSSR count). The van der Waals surface area contributed by atoms with Gasteiger partial charge in [0.05, 0.1) is 12.6 Å². The summed E-state index contributed by atoms with van der Waals surface area (Å²) < 4.78 is 0. The van der Waals surface area contributed by atoms with E-state index in [-0.39, 0.29) is 12.0 Å². The van der Waals surface area contributed by atoms with Gasteiger partial charge in [0.2, 0.25) is 5.91 Å². The highest BCUT2D eigenvalue weighted by Crippen LogP contribution is 2.16. The second kappa shape index (κ2) is 6.17. The minimum absolute atomic E-state index is 0.0226. The molecule has 0 aromatic heterocycles.